The second-order valence-electron chi connectivity index (χ2n) is 8.86. The zero-order chi connectivity index (χ0) is 25.9. The number of hydrogen-bond donors (Lipinski definition) is 0. The molecule has 0 bridgehead atoms. The maximum absolute atomic E-state index is 13.8. The summed E-state index contributed by atoms with van der Waals surface area (Å²) in [6.07, 6.45) is -0.0865. The Hall–Kier alpha value is -4.04. The minimum atomic E-state index is -0.953. The number of hydroxylamine groups is 1. The van der Waals surface area contributed by atoms with Gasteiger partial charge in [-0.3, -0.25) is 14.4 Å². The molecule has 0 unspecified atom stereocenters. The number of methoxy groups -OCH3 is 1. The van der Waals surface area contributed by atoms with Crippen molar-refractivity contribution >= 4 is 23.2 Å². The number of anilines is 2. The summed E-state index contributed by atoms with van der Waals surface area (Å²) in [5.74, 6) is 0.409. The van der Waals surface area contributed by atoms with Crippen molar-refractivity contribution in [3.8, 4) is 17.2 Å². The van der Waals surface area contributed by atoms with E-state index in [2.05, 4.69) is 0 Å². The summed E-state index contributed by atoms with van der Waals surface area (Å²) in [6, 6.07) is 21.5. The second kappa shape index (κ2) is 10.5. The fourth-order valence-corrected chi connectivity index (χ4v) is 4.86. The van der Waals surface area contributed by atoms with E-state index in [-0.39, 0.29) is 5.91 Å². The molecule has 5 rings (SSSR count). The van der Waals surface area contributed by atoms with E-state index >= 15 is 0 Å². The summed E-state index contributed by atoms with van der Waals surface area (Å²) in [7, 11) is 1.58. The molecule has 0 aromatic heterocycles. The molecule has 2 heterocycles. The molecule has 3 aromatic carbocycles. The average Bonchev–Trinajstić information content (AvgIpc) is 3.44. The molecule has 2 amide bonds. The number of rotatable bonds is 9. The van der Waals surface area contributed by atoms with Crippen LogP contribution in [-0.2, 0) is 14.4 Å². The number of carbonyl (C=O) groups excluding carboxylic acids is 2. The van der Waals surface area contributed by atoms with E-state index in [9.17, 15) is 9.59 Å². The number of nitrogens with zero attached hydrogens (tertiary/aromatic N) is 2. The van der Waals surface area contributed by atoms with Gasteiger partial charge in [-0.25, -0.2) is 9.96 Å². The van der Waals surface area contributed by atoms with Gasteiger partial charge >= 0.3 is 0 Å². The van der Waals surface area contributed by atoms with Crippen LogP contribution in [-0.4, -0.2) is 38.2 Å². The van der Waals surface area contributed by atoms with Gasteiger partial charge in [0.1, 0.15) is 11.7 Å². The number of amides is 2. The highest BCUT2D eigenvalue weighted by Crippen LogP contribution is 2.48. The van der Waals surface area contributed by atoms with Crippen molar-refractivity contribution in [1.29, 1.82) is 0 Å². The SMILES string of the molecule is CCCOc1ccc([C@@H]2[C@H]3C(=O)N(c4ccc(OCC)cc4)C(=O)[C@H]3ON2c2ccccc2)cc1OC. The van der Waals surface area contributed by atoms with Crippen molar-refractivity contribution < 1.29 is 28.6 Å². The number of benzene rings is 3. The van der Waals surface area contributed by atoms with Crippen molar-refractivity contribution in [3.05, 3.63) is 78.4 Å². The molecule has 2 saturated heterocycles. The fraction of sp³-hybridized carbons (Fsp3) is 0.310. The summed E-state index contributed by atoms with van der Waals surface area (Å²) >= 11 is 0. The topological polar surface area (TPSA) is 77.5 Å². The van der Waals surface area contributed by atoms with Crippen LogP contribution >= 0.6 is 0 Å². The molecule has 2 aliphatic rings. The van der Waals surface area contributed by atoms with Crippen molar-refractivity contribution in [2.24, 2.45) is 5.92 Å². The maximum atomic E-state index is 13.8. The lowest BCUT2D eigenvalue weighted by atomic mass is 9.90. The van der Waals surface area contributed by atoms with Crippen LogP contribution in [0, 0.1) is 5.92 Å². The molecular weight excluding hydrogens is 472 g/mol. The Morgan fingerprint density at radius 1 is 0.838 bits per heavy atom. The summed E-state index contributed by atoms with van der Waals surface area (Å²) in [5.41, 5.74) is 2.02. The zero-order valence-corrected chi connectivity index (χ0v) is 21.1. The van der Waals surface area contributed by atoms with Gasteiger partial charge in [0.2, 0.25) is 5.91 Å². The first-order valence-electron chi connectivity index (χ1n) is 12.5. The Labute approximate surface area is 216 Å². The zero-order valence-electron chi connectivity index (χ0n) is 21.1. The Bertz CT molecular complexity index is 1260. The van der Waals surface area contributed by atoms with Gasteiger partial charge < -0.3 is 14.2 Å². The normalized spacial score (nSPS) is 20.8. The van der Waals surface area contributed by atoms with Gasteiger partial charge in [-0.15, -0.1) is 0 Å². The minimum absolute atomic E-state index is 0.312. The summed E-state index contributed by atoms with van der Waals surface area (Å²) in [4.78, 5) is 34.8. The monoisotopic (exact) mass is 502 g/mol. The molecule has 3 atom stereocenters. The number of ether oxygens (including phenoxy) is 3. The highest BCUT2D eigenvalue weighted by molar-refractivity contribution is 6.23. The average molecular weight is 503 g/mol. The first kappa shape index (κ1) is 24.6. The standard InChI is InChI=1S/C29H30N2O6/c1-4-17-36-23-16-11-19(18-24(23)34-3)26-25-27(37-31(26)21-9-7-6-8-10-21)29(33)30(28(25)32)20-12-14-22(15-13-20)35-5-2/h6-16,18,25-27H,4-5,17H2,1-3H3/t25-,26-,27+/m1/s1. The molecule has 8 heteroatoms. The second-order valence-corrected chi connectivity index (χ2v) is 8.86. The number of para-hydroxylation sites is 1. The van der Waals surface area contributed by atoms with Crippen LogP contribution in [0.25, 0.3) is 0 Å². The highest BCUT2D eigenvalue weighted by atomic mass is 16.7. The summed E-state index contributed by atoms with van der Waals surface area (Å²) in [6.45, 7) is 5.03. The third kappa shape index (κ3) is 4.49. The number of carbonyl (C=O) groups is 2. The van der Waals surface area contributed by atoms with Crippen LogP contribution in [0.3, 0.4) is 0 Å². The smallest absolute Gasteiger partial charge is 0.266 e. The number of imide groups is 1. The minimum Gasteiger partial charge on any atom is -0.494 e. The first-order chi connectivity index (χ1) is 18.1. The predicted octanol–water partition coefficient (Wildman–Crippen LogP) is 4.93. The molecule has 0 saturated carbocycles. The maximum Gasteiger partial charge on any atom is 0.266 e. The van der Waals surface area contributed by atoms with Crippen molar-refractivity contribution in [2.75, 3.05) is 30.3 Å². The van der Waals surface area contributed by atoms with Crippen LogP contribution in [0.15, 0.2) is 72.8 Å². The summed E-state index contributed by atoms with van der Waals surface area (Å²) in [5, 5.41) is 1.67. The molecule has 0 N–H and O–H groups in total. The van der Waals surface area contributed by atoms with Crippen LogP contribution < -0.4 is 24.2 Å². The van der Waals surface area contributed by atoms with E-state index in [0.29, 0.717) is 36.1 Å². The van der Waals surface area contributed by atoms with E-state index in [0.717, 1.165) is 17.7 Å². The molecule has 0 radical (unpaired) electrons. The third-order valence-corrected chi connectivity index (χ3v) is 6.52. The van der Waals surface area contributed by atoms with Crippen molar-refractivity contribution in [2.45, 2.75) is 32.4 Å². The largest absolute Gasteiger partial charge is 0.494 e. The van der Waals surface area contributed by atoms with Gasteiger partial charge in [0.25, 0.3) is 5.91 Å². The van der Waals surface area contributed by atoms with Gasteiger partial charge in [-0.05, 0) is 67.4 Å². The molecule has 0 spiro atoms. The van der Waals surface area contributed by atoms with E-state index in [1.807, 2.05) is 62.4 Å². The van der Waals surface area contributed by atoms with E-state index < -0.39 is 24.0 Å². The van der Waals surface area contributed by atoms with E-state index in [1.54, 1.807) is 36.4 Å². The third-order valence-electron chi connectivity index (χ3n) is 6.52. The Kier molecular flexibility index (Phi) is 7.01. The Balaban J connectivity index is 1.53. The molecule has 0 aliphatic carbocycles. The molecule has 37 heavy (non-hydrogen) atoms. The molecule has 2 fully saturated rings. The Morgan fingerprint density at radius 3 is 2.27 bits per heavy atom. The quantitative estimate of drug-likeness (QED) is 0.384. The first-order valence-corrected chi connectivity index (χ1v) is 12.5. The van der Waals surface area contributed by atoms with Gasteiger partial charge in [-0.1, -0.05) is 31.2 Å². The van der Waals surface area contributed by atoms with Gasteiger partial charge in [0.15, 0.2) is 17.6 Å². The van der Waals surface area contributed by atoms with Crippen LogP contribution in [0.4, 0.5) is 11.4 Å². The molecule has 3 aromatic rings. The van der Waals surface area contributed by atoms with E-state index in [1.165, 1.54) is 4.90 Å². The van der Waals surface area contributed by atoms with Gasteiger partial charge in [-0.2, -0.15) is 0 Å². The molecule has 192 valence electrons. The van der Waals surface area contributed by atoms with Crippen molar-refractivity contribution in [3.63, 3.8) is 0 Å². The van der Waals surface area contributed by atoms with Crippen LogP contribution in [0.5, 0.6) is 17.2 Å². The lowest BCUT2D eigenvalue weighted by Crippen LogP contribution is -2.37. The van der Waals surface area contributed by atoms with Crippen LogP contribution in [0.2, 0.25) is 0 Å². The number of fused-ring (bicyclic) bond motifs is 1. The lowest BCUT2D eigenvalue weighted by Gasteiger charge is -2.29. The van der Waals surface area contributed by atoms with Crippen molar-refractivity contribution in [1.82, 2.24) is 0 Å². The fourth-order valence-electron chi connectivity index (χ4n) is 4.86. The molecule has 2 aliphatic heterocycles. The molecular formula is C29H30N2O6. The molecule has 8 nitrogen and oxygen atoms in total. The lowest BCUT2D eigenvalue weighted by molar-refractivity contribution is -0.126. The summed E-state index contributed by atoms with van der Waals surface area (Å²) < 4.78 is 16.9. The van der Waals surface area contributed by atoms with Crippen LogP contribution in [0.1, 0.15) is 31.9 Å². The van der Waals surface area contributed by atoms with E-state index in [4.69, 9.17) is 19.0 Å². The van der Waals surface area contributed by atoms with Gasteiger partial charge in [0.05, 0.1) is 37.7 Å². The highest BCUT2D eigenvalue weighted by Gasteiger charge is 2.60. The van der Waals surface area contributed by atoms with Gasteiger partial charge in [0, 0.05) is 0 Å². The predicted molar refractivity (Wildman–Crippen MR) is 139 cm³/mol. The number of hydrogen-bond acceptors (Lipinski definition) is 7. The Morgan fingerprint density at radius 2 is 1.59 bits per heavy atom.